The number of rotatable bonds is 7. The van der Waals surface area contributed by atoms with Crippen LogP contribution in [0.2, 0.25) is 0 Å². The Labute approximate surface area is 232 Å². The molecule has 0 N–H and O–H groups in total. The number of ether oxygens (including phenoxy) is 2. The maximum Gasteiger partial charge on any atom is 0.355 e. The van der Waals surface area contributed by atoms with Crippen molar-refractivity contribution < 1.29 is 28.8 Å². The highest BCUT2D eigenvalue weighted by Crippen LogP contribution is 2.36. The third-order valence-corrected chi connectivity index (χ3v) is 6.44. The van der Waals surface area contributed by atoms with Crippen LogP contribution in [0.5, 0.6) is 0 Å². The van der Waals surface area contributed by atoms with Crippen LogP contribution >= 0.6 is 15.9 Å². The topological polar surface area (TPSA) is 119 Å². The largest absolute Gasteiger partial charge is 0.465 e. The summed E-state index contributed by atoms with van der Waals surface area (Å²) < 4.78 is 10.7. The Morgan fingerprint density at radius 2 is 1.46 bits per heavy atom. The third kappa shape index (κ3) is 5.58. The third-order valence-electron chi connectivity index (χ3n) is 5.91. The number of amides is 1. The molecule has 3 aromatic carbocycles. The minimum Gasteiger partial charge on any atom is -0.465 e. The lowest BCUT2D eigenvalue weighted by Crippen LogP contribution is -2.57. The number of methoxy groups -OCH3 is 2. The molecule has 1 aliphatic rings. The maximum absolute atomic E-state index is 14.0. The second kappa shape index (κ2) is 11.7. The highest BCUT2D eigenvalue weighted by molar-refractivity contribution is 9.10. The Kier molecular flexibility index (Phi) is 8.21. The van der Waals surface area contributed by atoms with E-state index < -0.39 is 34.5 Å². The normalized spacial score (nSPS) is 15.5. The molecule has 4 rings (SSSR count). The molecule has 0 aromatic heterocycles. The van der Waals surface area contributed by atoms with E-state index in [1.54, 1.807) is 78.9 Å². The first kappa shape index (κ1) is 27.3. The number of carbonyl (C=O) groups is 3. The fraction of sp³-hybridized carbons (Fsp3) is 0.107. The monoisotopic (exact) mass is 591 g/mol. The fourth-order valence-electron chi connectivity index (χ4n) is 4.11. The van der Waals surface area contributed by atoms with Crippen LogP contribution in [-0.4, -0.2) is 43.2 Å². The number of nitro benzene ring substituents is 1. The molecule has 0 saturated carbocycles. The van der Waals surface area contributed by atoms with E-state index in [1.165, 1.54) is 21.9 Å². The Hall–Kier alpha value is -4.77. The van der Waals surface area contributed by atoms with Crippen molar-refractivity contribution in [2.45, 2.75) is 6.17 Å². The van der Waals surface area contributed by atoms with Gasteiger partial charge in [0.25, 0.3) is 11.6 Å². The summed E-state index contributed by atoms with van der Waals surface area (Å²) >= 11 is 3.39. The van der Waals surface area contributed by atoms with Crippen LogP contribution in [0.4, 0.5) is 17.1 Å². The number of esters is 2. The van der Waals surface area contributed by atoms with Gasteiger partial charge in [0, 0.05) is 28.0 Å². The van der Waals surface area contributed by atoms with Crippen LogP contribution in [0.3, 0.4) is 0 Å². The van der Waals surface area contributed by atoms with E-state index >= 15 is 0 Å². The molecule has 1 aliphatic heterocycles. The van der Waals surface area contributed by atoms with E-state index in [4.69, 9.17) is 9.47 Å². The van der Waals surface area contributed by atoms with E-state index in [0.29, 0.717) is 16.9 Å². The quantitative estimate of drug-likeness (QED) is 0.165. The number of anilines is 2. The van der Waals surface area contributed by atoms with E-state index in [1.807, 2.05) is 0 Å². The molecule has 11 heteroatoms. The van der Waals surface area contributed by atoms with Crippen LogP contribution in [0.25, 0.3) is 6.08 Å². The number of nitrogens with zero attached hydrogens (tertiary/aromatic N) is 3. The molecule has 0 saturated heterocycles. The summed E-state index contributed by atoms with van der Waals surface area (Å²) in [5, 5.41) is 11.1. The lowest BCUT2D eigenvalue weighted by Gasteiger charge is -2.44. The van der Waals surface area contributed by atoms with Crippen LogP contribution in [0.1, 0.15) is 5.56 Å². The molecule has 0 radical (unpaired) electrons. The van der Waals surface area contributed by atoms with Crippen molar-refractivity contribution in [1.82, 2.24) is 0 Å². The molecule has 0 spiro atoms. The smallest absolute Gasteiger partial charge is 0.355 e. The fourth-order valence-corrected chi connectivity index (χ4v) is 4.38. The van der Waals surface area contributed by atoms with Crippen molar-refractivity contribution in [3.63, 3.8) is 0 Å². The number of para-hydroxylation sites is 1. The van der Waals surface area contributed by atoms with Gasteiger partial charge in [0.15, 0.2) is 5.57 Å². The van der Waals surface area contributed by atoms with Crippen molar-refractivity contribution in [1.29, 1.82) is 0 Å². The number of halogens is 1. The molecule has 198 valence electrons. The number of hydrogen-bond acceptors (Lipinski definition) is 8. The first-order valence-corrected chi connectivity index (χ1v) is 12.3. The predicted octanol–water partition coefficient (Wildman–Crippen LogP) is 4.85. The minimum atomic E-state index is -0.999. The van der Waals surface area contributed by atoms with Crippen molar-refractivity contribution in [3.8, 4) is 0 Å². The van der Waals surface area contributed by atoms with Gasteiger partial charge in [-0.2, -0.15) is 0 Å². The predicted molar refractivity (Wildman–Crippen MR) is 148 cm³/mol. The molecule has 1 heterocycles. The highest BCUT2D eigenvalue weighted by Gasteiger charge is 2.46. The Morgan fingerprint density at radius 3 is 2.03 bits per heavy atom. The maximum atomic E-state index is 14.0. The standard InChI is InChI=1S/C28H22BrN3O7/c1-38-27(34)24-25(28(35)39-2)30(20-6-4-3-5-7-20)23(17-10-18-8-13-22(14-9-18)32(36)37)31(26(24)33)21-15-11-19(29)12-16-21/h3-17,23H,1-2H3/b17-10+. The van der Waals surface area contributed by atoms with E-state index in [9.17, 15) is 24.5 Å². The van der Waals surface area contributed by atoms with Gasteiger partial charge in [0.2, 0.25) is 0 Å². The molecule has 10 nitrogen and oxygen atoms in total. The molecule has 1 amide bonds. The van der Waals surface area contributed by atoms with Gasteiger partial charge in [-0.05, 0) is 60.2 Å². The minimum absolute atomic E-state index is 0.0685. The molecule has 0 fully saturated rings. The van der Waals surface area contributed by atoms with Gasteiger partial charge in [-0.15, -0.1) is 0 Å². The number of nitro groups is 1. The zero-order chi connectivity index (χ0) is 28.1. The van der Waals surface area contributed by atoms with Crippen molar-refractivity contribution in [3.05, 3.63) is 116 Å². The molecular formula is C28H22BrN3O7. The molecule has 0 aliphatic carbocycles. The number of hydrogen-bond donors (Lipinski definition) is 0. The van der Waals surface area contributed by atoms with Crippen molar-refractivity contribution >= 4 is 56.9 Å². The van der Waals surface area contributed by atoms with Crippen LogP contribution in [0, 0.1) is 10.1 Å². The van der Waals surface area contributed by atoms with Gasteiger partial charge in [0.05, 0.1) is 19.1 Å². The van der Waals surface area contributed by atoms with Gasteiger partial charge in [-0.1, -0.05) is 40.2 Å². The average molecular weight is 592 g/mol. The Balaban J connectivity index is 1.98. The lowest BCUT2D eigenvalue weighted by molar-refractivity contribution is -0.384. The van der Waals surface area contributed by atoms with Crippen molar-refractivity contribution in [2.24, 2.45) is 0 Å². The van der Waals surface area contributed by atoms with E-state index in [2.05, 4.69) is 15.9 Å². The summed E-state index contributed by atoms with van der Waals surface area (Å²) in [4.78, 5) is 53.5. The van der Waals surface area contributed by atoms with Gasteiger partial charge in [-0.25, -0.2) is 9.59 Å². The lowest BCUT2D eigenvalue weighted by atomic mass is 10.0. The molecular weight excluding hydrogens is 570 g/mol. The highest BCUT2D eigenvalue weighted by atomic mass is 79.9. The molecule has 39 heavy (non-hydrogen) atoms. The summed E-state index contributed by atoms with van der Waals surface area (Å²) in [6.45, 7) is 0. The zero-order valence-electron chi connectivity index (χ0n) is 20.8. The average Bonchev–Trinajstić information content (AvgIpc) is 2.96. The number of carbonyl (C=O) groups excluding carboxylic acids is 3. The second-order valence-electron chi connectivity index (χ2n) is 8.19. The Bertz CT molecular complexity index is 1470. The summed E-state index contributed by atoms with van der Waals surface area (Å²) in [5.41, 5.74) is 0.698. The number of non-ortho nitro benzene ring substituents is 1. The summed E-state index contributed by atoms with van der Waals surface area (Å²) in [6, 6.07) is 21.4. The van der Waals surface area contributed by atoms with Gasteiger partial charge < -0.3 is 14.4 Å². The SMILES string of the molecule is COC(=O)C1=C(C(=O)OC)N(c2ccccc2)C(/C=C/c2ccc([N+](=O)[O-])cc2)N(c2ccc(Br)cc2)C1=O. The summed E-state index contributed by atoms with van der Waals surface area (Å²) in [5.74, 6) is -2.67. The molecule has 1 atom stereocenters. The molecule has 3 aromatic rings. The summed E-state index contributed by atoms with van der Waals surface area (Å²) in [6.07, 6.45) is 2.37. The van der Waals surface area contributed by atoms with Gasteiger partial charge >= 0.3 is 11.9 Å². The summed E-state index contributed by atoms with van der Waals surface area (Å²) in [7, 11) is 2.27. The first-order chi connectivity index (χ1) is 18.8. The Morgan fingerprint density at radius 1 is 0.872 bits per heavy atom. The van der Waals surface area contributed by atoms with E-state index in [0.717, 1.165) is 18.7 Å². The van der Waals surface area contributed by atoms with Crippen LogP contribution in [-0.2, 0) is 23.9 Å². The van der Waals surface area contributed by atoms with Gasteiger partial charge in [0.1, 0.15) is 11.9 Å². The number of benzene rings is 3. The molecule has 0 bridgehead atoms. The zero-order valence-corrected chi connectivity index (χ0v) is 22.4. The molecule has 1 unspecified atom stereocenters. The van der Waals surface area contributed by atoms with Crippen molar-refractivity contribution in [2.75, 3.05) is 24.0 Å². The second-order valence-corrected chi connectivity index (χ2v) is 9.10. The van der Waals surface area contributed by atoms with Crippen LogP contribution in [0.15, 0.2) is 101 Å². The first-order valence-electron chi connectivity index (χ1n) is 11.5. The van der Waals surface area contributed by atoms with Crippen LogP contribution < -0.4 is 9.80 Å². The van der Waals surface area contributed by atoms with E-state index in [-0.39, 0.29) is 11.4 Å². The van der Waals surface area contributed by atoms with Gasteiger partial charge in [-0.3, -0.25) is 19.8 Å².